The summed E-state index contributed by atoms with van der Waals surface area (Å²) in [5, 5.41) is 0. The Hall–Kier alpha value is -1.54. The normalized spacial score (nSPS) is 28.2. The SMILES string of the molecule is C=CC1=C(/C=C\C)C2CN(C)CC2C(C)=C(/C=C\C)O1. The minimum absolute atomic E-state index is 0.493. The van der Waals surface area contributed by atoms with Crippen LogP contribution < -0.4 is 0 Å². The van der Waals surface area contributed by atoms with Crippen molar-refractivity contribution in [3.05, 3.63) is 59.6 Å². The first-order valence-electron chi connectivity index (χ1n) is 7.31. The van der Waals surface area contributed by atoms with Crippen molar-refractivity contribution in [1.29, 1.82) is 0 Å². The van der Waals surface area contributed by atoms with E-state index in [0.717, 1.165) is 24.6 Å². The summed E-state index contributed by atoms with van der Waals surface area (Å²) in [6.07, 6.45) is 10.2. The Labute approximate surface area is 122 Å². The summed E-state index contributed by atoms with van der Waals surface area (Å²) in [5.74, 6) is 2.90. The van der Waals surface area contributed by atoms with E-state index < -0.39 is 0 Å². The molecular weight excluding hydrogens is 246 g/mol. The van der Waals surface area contributed by atoms with Gasteiger partial charge in [-0.15, -0.1) is 0 Å². The Bertz CT molecular complexity index is 508. The average molecular weight is 271 g/mol. The summed E-state index contributed by atoms with van der Waals surface area (Å²) in [6.45, 7) is 12.4. The second-order valence-corrected chi connectivity index (χ2v) is 5.61. The quantitative estimate of drug-likeness (QED) is 0.767. The Morgan fingerprint density at radius 3 is 2.35 bits per heavy atom. The van der Waals surface area contributed by atoms with Crippen molar-refractivity contribution in [2.45, 2.75) is 20.8 Å². The molecule has 108 valence electrons. The predicted octanol–water partition coefficient (Wildman–Crippen LogP) is 4.06. The van der Waals surface area contributed by atoms with Gasteiger partial charge in [0.1, 0.15) is 11.5 Å². The number of likely N-dealkylation sites (tertiary alicyclic amines) is 1. The first-order valence-corrected chi connectivity index (χ1v) is 7.31. The first kappa shape index (κ1) is 14.9. The molecule has 2 nitrogen and oxygen atoms in total. The largest absolute Gasteiger partial charge is 0.457 e. The molecule has 0 spiro atoms. The van der Waals surface area contributed by atoms with E-state index in [2.05, 4.69) is 50.6 Å². The number of allylic oxidation sites excluding steroid dienone is 5. The molecule has 0 N–H and O–H groups in total. The minimum Gasteiger partial charge on any atom is -0.457 e. The lowest BCUT2D eigenvalue weighted by molar-refractivity contribution is 0.323. The third kappa shape index (κ3) is 2.66. The van der Waals surface area contributed by atoms with E-state index in [9.17, 15) is 0 Å². The fraction of sp³-hybridized carbons (Fsp3) is 0.444. The zero-order chi connectivity index (χ0) is 14.7. The molecule has 2 heteroatoms. The number of hydrogen-bond acceptors (Lipinski definition) is 2. The van der Waals surface area contributed by atoms with Crippen molar-refractivity contribution in [1.82, 2.24) is 4.90 Å². The molecule has 1 fully saturated rings. The molecule has 0 saturated carbocycles. The van der Waals surface area contributed by atoms with Crippen LogP contribution in [0.2, 0.25) is 0 Å². The lowest BCUT2D eigenvalue weighted by Crippen LogP contribution is -2.15. The van der Waals surface area contributed by atoms with Crippen molar-refractivity contribution in [2.24, 2.45) is 11.8 Å². The van der Waals surface area contributed by atoms with Crippen LogP contribution in [0, 0.1) is 11.8 Å². The predicted molar refractivity (Wildman–Crippen MR) is 85.1 cm³/mol. The number of nitrogens with zero attached hydrogens (tertiary/aromatic N) is 1. The van der Waals surface area contributed by atoms with Gasteiger partial charge in [0, 0.05) is 24.9 Å². The van der Waals surface area contributed by atoms with Gasteiger partial charge in [0.2, 0.25) is 0 Å². The van der Waals surface area contributed by atoms with Gasteiger partial charge in [0.05, 0.1) is 0 Å². The summed E-state index contributed by atoms with van der Waals surface area (Å²) in [4.78, 5) is 2.40. The topological polar surface area (TPSA) is 12.5 Å². The van der Waals surface area contributed by atoms with Crippen LogP contribution in [0.3, 0.4) is 0 Å². The van der Waals surface area contributed by atoms with Gasteiger partial charge in [0.25, 0.3) is 0 Å². The summed E-state index contributed by atoms with van der Waals surface area (Å²) in [6, 6.07) is 0. The number of fused-ring (bicyclic) bond motifs is 1. The van der Waals surface area contributed by atoms with Crippen molar-refractivity contribution >= 4 is 0 Å². The highest BCUT2D eigenvalue weighted by atomic mass is 16.5. The van der Waals surface area contributed by atoms with Crippen molar-refractivity contribution in [3.8, 4) is 0 Å². The van der Waals surface area contributed by atoms with Crippen LogP contribution in [0.25, 0.3) is 0 Å². The highest BCUT2D eigenvalue weighted by Crippen LogP contribution is 2.41. The first-order chi connectivity index (χ1) is 9.62. The van der Waals surface area contributed by atoms with E-state index >= 15 is 0 Å². The van der Waals surface area contributed by atoms with Crippen LogP contribution in [-0.2, 0) is 4.74 Å². The Kier molecular flexibility index (Phi) is 4.66. The van der Waals surface area contributed by atoms with Crippen LogP contribution in [0.1, 0.15) is 20.8 Å². The van der Waals surface area contributed by atoms with E-state index in [1.54, 1.807) is 0 Å². The maximum absolute atomic E-state index is 6.13. The molecule has 2 rings (SSSR count). The molecule has 2 atom stereocenters. The van der Waals surface area contributed by atoms with E-state index in [0.29, 0.717) is 11.8 Å². The molecule has 20 heavy (non-hydrogen) atoms. The van der Waals surface area contributed by atoms with Gasteiger partial charge in [-0.1, -0.05) is 24.8 Å². The van der Waals surface area contributed by atoms with Gasteiger partial charge in [-0.2, -0.15) is 0 Å². The average Bonchev–Trinajstić information content (AvgIpc) is 2.78. The van der Waals surface area contributed by atoms with Crippen LogP contribution >= 0.6 is 0 Å². The fourth-order valence-corrected chi connectivity index (χ4v) is 3.24. The molecule has 0 aliphatic carbocycles. The number of ether oxygens (including phenoxy) is 1. The molecule has 2 aliphatic rings. The number of hydrogen-bond donors (Lipinski definition) is 0. The fourth-order valence-electron chi connectivity index (χ4n) is 3.24. The molecule has 0 bridgehead atoms. The molecule has 2 aliphatic heterocycles. The Balaban J connectivity index is 2.56. The van der Waals surface area contributed by atoms with Crippen LogP contribution in [0.15, 0.2) is 59.6 Å². The van der Waals surface area contributed by atoms with Crippen LogP contribution in [-0.4, -0.2) is 25.0 Å². The second kappa shape index (κ2) is 6.27. The lowest BCUT2D eigenvalue weighted by Gasteiger charge is -2.18. The lowest BCUT2D eigenvalue weighted by atomic mass is 9.83. The second-order valence-electron chi connectivity index (χ2n) is 5.61. The van der Waals surface area contributed by atoms with Crippen molar-refractivity contribution in [3.63, 3.8) is 0 Å². The summed E-state index contributed by atoms with van der Waals surface area (Å²) in [7, 11) is 2.19. The number of rotatable bonds is 3. The monoisotopic (exact) mass is 271 g/mol. The van der Waals surface area contributed by atoms with Crippen LogP contribution in [0.5, 0.6) is 0 Å². The molecule has 0 aromatic rings. The maximum atomic E-state index is 6.13. The molecule has 0 amide bonds. The maximum Gasteiger partial charge on any atom is 0.130 e. The Morgan fingerprint density at radius 1 is 1.10 bits per heavy atom. The molecule has 0 aromatic heterocycles. The molecule has 0 aromatic carbocycles. The summed E-state index contributed by atoms with van der Waals surface area (Å²) >= 11 is 0. The summed E-state index contributed by atoms with van der Waals surface area (Å²) < 4.78 is 6.13. The van der Waals surface area contributed by atoms with Gasteiger partial charge >= 0.3 is 0 Å². The van der Waals surface area contributed by atoms with E-state index in [4.69, 9.17) is 4.74 Å². The van der Waals surface area contributed by atoms with Gasteiger partial charge in [-0.25, -0.2) is 0 Å². The molecule has 0 radical (unpaired) electrons. The van der Waals surface area contributed by atoms with E-state index in [-0.39, 0.29) is 0 Å². The van der Waals surface area contributed by atoms with E-state index in [1.165, 1.54) is 11.1 Å². The van der Waals surface area contributed by atoms with Crippen molar-refractivity contribution in [2.75, 3.05) is 20.1 Å². The standard InChI is InChI=1S/C18H25NO/c1-6-9-14-16-12-19(5)11-15(16)13(4)18(10-7-2)20-17(14)8-3/h6-10,15-16H,3,11-12H2,1-2,4-5H3/b9-6-,10-7-. The molecule has 1 saturated heterocycles. The van der Waals surface area contributed by atoms with Gasteiger partial charge in [0.15, 0.2) is 0 Å². The molecule has 2 heterocycles. The van der Waals surface area contributed by atoms with Crippen molar-refractivity contribution < 1.29 is 4.74 Å². The van der Waals surface area contributed by atoms with Gasteiger partial charge in [-0.05, 0) is 51.1 Å². The van der Waals surface area contributed by atoms with Gasteiger partial charge in [-0.3, -0.25) is 0 Å². The van der Waals surface area contributed by atoms with E-state index in [1.807, 2.05) is 19.1 Å². The molecule has 2 unspecified atom stereocenters. The molecular formula is C18H25NO. The van der Waals surface area contributed by atoms with Crippen LogP contribution in [0.4, 0.5) is 0 Å². The minimum atomic E-state index is 0.493. The highest BCUT2D eigenvalue weighted by Gasteiger charge is 2.38. The third-order valence-corrected chi connectivity index (χ3v) is 4.20. The zero-order valence-corrected chi connectivity index (χ0v) is 13.0. The highest BCUT2D eigenvalue weighted by molar-refractivity contribution is 5.39. The zero-order valence-electron chi connectivity index (χ0n) is 13.0. The summed E-state index contributed by atoms with van der Waals surface area (Å²) in [5.41, 5.74) is 2.62. The smallest absolute Gasteiger partial charge is 0.130 e. The van der Waals surface area contributed by atoms with Gasteiger partial charge < -0.3 is 9.64 Å². The Morgan fingerprint density at radius 2 is 1.75 bits per heavy atom. The third-order valence-electron chi connectivity index (χ3n) is 4.20.